The first-order valence-corrected chi connectivity index (χ1v) is 9.34. The monoisotopic (exact) mass is 403 g/mol. The number of rotatable bonds is 7. The van der Waals surface area contributed by atoms with Gasteiger partial charge in [0.25, 0.3) is 5.91 Å². The maximum absolute atomic E-state index is 12.5. The minimum absolute atomic E-state index is 0.0454. The highest BCUT2D eigenvalue weighted by molar-refractivity contribution is 6.08. The van der Waals surface area contributed by atoms with Gasteiger partial charge in [-0.3, -0.25) is 9.59 Å². The molecule has 0 spiro atoms. The van der Waals surface area contributed by atoms with Crippen molar-refractivity contribution in [3.63, 3.8) is 0 Å². The van der Waals surface area contributed by atoms with E-state index in [0.717, 1.165) is 5.56 Å². The van der Waals surface area contributed by atoms with Gasteiger partial charge in [-0.25, -0.2) is 4.79 Å². The second-order valence-electron chi connectivity index (χ2n) is 6.70. The quantitative estimate of drug-likeness (QED) is 0.467. The molecule has 0 unspecified atom stereocenters. The van der Waals surface area contributed by atoms with Crippen molar-refractivity contribution < 1.29 is 24.2 Å². The molecule has 0 saturated heterocycles. The molecule has 0 bridgehead atoms. The van der Waals surface area contributed by atoms with Crippen molar-refractivity contribution in [3.05, 3.63) is 101 Å². The Balaban J connectivity index is 1.73. The number of aromatic hydroxyl groups is 1. The lowest BCUT2D eigenvalue weighted by Gasteiger charge is -2.17. The van der Waals surface area contributed by atoms with Crippen LogP contribution in [0.15, 0.2) is 78.9 Å². The number of ether oxygens (including phenoxy) is 1. The summed E-state index contributed by atoms with van der Waals surface area (Å²) in [5.74, 6) is -1.23. The van der Waals surface area contributed by atoms with E-state index in [4.69, 9.17) is 4.74 Å². The molecule has 3 aromatic carbocycles. The van der Waals surface area contributed by atoms with E-state index < -0.39 is 17.9 Å². The number of esters is 1. The molecule has 152 valence electrons. The van der Waals surface area contributed by atoms with E-state index in [1.54, 1.807) is 54.6 Å². The number of benzene rings is 3. The Bertz CT molecular complexity index is 1040. The van der Waals surface area contributed by atoms with Gasteiger partial charge in [-0.2, -0.15) is 0 Å². The predicted molar refractivity (Wildman–Crippen MR) is 111 cm³/mol. The van der Waals surface area contributed by atoms with Gasteiger partial charge < -0.3 is 15.2 Å². The number of ketones is 1. The number of hydrogen-bond acceptors (Lipinski definition) is 5. The molecule has 3 aromatic rings. The Morgan fingerprint density at radius 1 is 0.867 bits per heavy atom. The van der Waals surface area contributed by atoms with Crippen LogP contribution in [0.25, 0.3) is 0 Å². The van der Waals surface area contributed by atoms with Gasteiger partial charge in [-0.15, -0.1) is 0 Å². The summed E-state index contributed by atoms with van der Waals surface area (Å²) in [6, 6.07) is 20.7. The summed E-state index contributed by atoms with van der Waals surface area (Å²) in [6.45, 7) is 0. The maximum atomic E-state index is 12.5. The topological polar surface area (TPSA) is 92.7 Å². The molecule has 0 radical (unpaired) electrons. The van der Waals surface area contributed by atoms with Crippen molar-refractivity contribution >= 4 is 17.7 Å². The number of phenolic OH excluding ortho intramolecular Hbond substituents is 1. The first kappa shape index (κ1) is 20.8. The van der Waals surface area contributed by atoms with Gasteiger partial charge in [-0.1, -0.05) is 60.7 Å². The molecule has 0 aliphatic heterocycles. The van der Waals surface area contributed by atoms with E-state index in [1.807, 2.05) is 6.07 Å². The molecule has 2 N–H and O–H groups in total. The van der Waals surface area contributed by atoms with E-state index in [9.17, 15) is 19.5 Å². The van der Waals surface area contributed by atoms with Crippen molar-refractivity contribution in [2.45, 2.75) is 12.5 Å². The van der Waals surface area contributed by atoms with Crippen molar-refractivity contribution in [1.29, 1.82) is 0 Å². The molecule has 0 aromatic heterocycles. The summed E-state index contributed by atoms with van der Waals surface area (Å²) < 4.78 is 4.81. The Kier molecular flexibility index (Phi) is 6.60. The molecule has 0 saturated carbocycles. The summed E-state index contributed by atoms with van der Waals surface area (Å²) in [5.41, 5.74) is 2.11. The van der Waals surface area contributed by atoms with Crippen molar-refractivity contribution in [3.8, 4) is 5.75 Å². The fourth-order valence-electron chi connectivity index (χ4n) is 3.01. The van der Waals surface area contributed by atoms with Gasteiger partial charge in [0.15, 0.2) is 5.78 Å². The van der Waals surface area contributed by atoms with Gasteiger partial charge in [0.2, 0.25) is 0 Å². The first-order valence-electron chi connectivity index (χ1n) is 9.34. The third-order valence-electron chi connectivity index (χ3n) is 4.59. The predicted octanol–water partition coefficient (Wildman–Crippen LogP) is 3.14. The van der Waals surface area contributed by atoms with E-state index >= 15 is 0 Å². The maximum Gasteiger partial charge on any atom is 0.328 e. The van der Waals surface area contributed by atoms with Crippen molar-refractivity contribution in [1.82, 2.24) is 5.32 Å². The zero-order chi connectivity index (χ0) is 21.5. The number of carbonyl (C=O) groups excluding carboxylic acids is 3. The molecule has 1 amide bonds. The number of amides is 1. The van der Waals surface area contributed by atoms with Crippen molar-refractivity contribution in [2.75, 3.05) is 7.11 Å². The van der Waals surface area contributed by atoms with E-state index in [2.05, 4.69) is 5.32 Å². The van der Waals surface area contributed by atoms with Gasteiger partial charge >= 0.3 is 5.97 Å². The molecular weight excluding hydrogens is 382 g/mol. The molecule has 1 atom stereocenters. The number of phenols is 1. The lowest BCUT2D eigenvalue weighted by Crippen LogP contribution is -2.43. The molecule has 6 nitrogen and oxygen atoms in total. The molecule has 0 heterocycles. The molecule has 30 heavy (non-hydrogen) atoms. The van der Waals surface area contributed by atoms with Crippen LogP contribution in [0.3, 0.4) is 0 Å². The summed E-state index contributed by atoms with van der Waals surface area (Å²) in [6.07, 6.45) is 0.192. The minimum Gasteiger partial charge on any atom is -0.508 e. The lowest BCUT2D eigenvalue weighted by atomic mass is 9.99. The van der Waals surface area contributed by atoms with Crippen LogP contribution in [0, 0.1) is 0 Å². The summed E-state index contributed by atoms with van der Waals surface area (Å²) in [5, 5.41) is 12.2. The largest absolute Gasteiger partial charge is 0.508 e. The second-order valence-corrected chi connectivity index (χ2v) is 6.70. The Hall–Kier alpha value is -3.93. The Labute approximate surface area is 174 Å². The third kappa shape index (κ3) is 5.11. The zero-order valence-electron chi connectivity index (χ0n) is 16.4. The van der Waals surface area contributed by atoms with Crippen LogP contribution in [-0.4, -0.2) is 35.9 Å². The number of hydrogen-bond donors (Lipinski definition) is 2. The third-order valence-corrected chi connectivity index (χ3v) is 4.59. The Morgan fingerprint density at radius 3 is 2.13 bits per heavy atom. The van der Waals surface area contributed by atoms with E-state index in [0.29, 0.717) is 11.1 Å². The fourth-order valence-corrected chi connectivity index (χ4v) is 3.01. The van der Waals surface area contributed by atoms with E-state index in [-0.39, 0.29) is 23.5 Å². The lowest BCUT2D eigenvalue weighted by molar-refractivity contribution is -0.142. The minimum atomic E-state index is -0.916. The highest BCUT2D eigenvalue weighted by Gasteiger charge is 2.23. The normalized spacial score (nSPS) is 11.4. The highest BCUT2D eigenvalue weighted by atomic mass is 16.5. The van der Waals surface area contributed by atoms with Gasteiger partial charge in [0.1, 0.15) is 11.8 Å². The number of methoxy groups -OCH3 is 1. The van der Waals surface area contributed by atoms with Crippen LogP contribution >= 0.6 is 0 Å². The molecule has 0 aliphatic rings. The van der Waals surface area contributed by atoms with Crippen molar-refractivity contribution in [2.24, 2.45) is 0 Å². The fraction of sp³-hybridized carbons (Fsp3) is 0.125. The smallest absolute Gasteiger partial charge is 0.328 e. The van der Waals surface area contributed by atoms with E-state index in [1.165, 1.54) is 25.3 Å². The van der Waals surface area contributed by atoms with Crippen LogP contribution in [0.1, 0.15) is 31.8 Å². The number of nitrogens with one attached hydrogen (secondary N) is 1. The SMILES string of the molecule is COC(=O)[C@H](Cc1ccc(C(=O)c2ccccc2)cc1)NC(=O)c1cccc(O)c1. The summed E-state index contributed by atoms with van der Waals surface area (Å²) >= 11 is 0. The zero-order valence-corrected chi connectivity index (χ0v) is 16.4. The molecule has 3 rings (SSSR count). The van der Waals surface area contributed by atoms with Crippen LogP contribution in [0.5, 0.6) is 5.75 Å². The summed E-state index contributed by atoms with van der Waals surface area (Å²) in [4.78, 5) is 37.1. The van der Waals surface area contributed by atoms with Gasteiger partial charge in [0, 0.05) is 23.1 Å². The van der Waals surface area contributed by atoms with Crippen LogP contribution in [-0.2, 0) is 16.0 Å². The Morgan fingerprint density at radius 2 is 1.50 bits per heavy atom. The molecular formula is C24H21NO5. The van der Waals surface area contributed by atoms with Gasteiger partial charge in [0.05, 0.1) is 7.11 Å². The molecule has 0 aliphatic carbocycles. The average Bonchev–Trinajstić information content (AvgIpc) is 2.78. The highest BCUT2D eigenvalue weighted by Crippen LogP contribution is 2.14. The van der Waals surface area contributed by atoms with Gasteiger partial charge in [-0.05, 0) is 23.8 Å². The molecule has 0 fully saturated rings. The van der Waals surface area contributed by atoms with Crippen LogP contribution < -0.4 is 5.32 Å². The van der Waals surface area contributed by atoms with Crippen LogP contribution in [0.2, 0.25) is 0 Å². The van der Waals surface area contributed by atoms with Crippen LogP contribution in [0.4, 0.5) is 0 Å². The molecule has 6 heteroatoms. The standard InChI is InChI=1S/C24H21NO5/c1-30-24(29)21(25-23(28)19-8-5-9-20(26)15-19)14-16-10-12-18(13-11-16)22(27)17-6-3-2-4-7-17/h2-13,15,21,26H,14H2,1H3,(H,25,28)/t21-/m0/s1. The average molecular weight is 403 g/mol. The summed E-state index contributed by atoms with van der Waals surface area (Å²) in [7, 11) is 1.25. The number of carbonyl (C=O) groups is 3. The second kappa shape index (κ2) is 9.52. The first-order chi connectivity index (χ1) is 14.5.